The number of anilines is 1. The van der Waals surface area contributed by atoms with Crippen LogP contribution in [0.1, 0.15) is 28.7 Å². The number of aryl methyl sites for hydroxylation is 2. The number of amides is 1. The Labute approximate surface area is 180 Å². The molecule has 8 nitrogen and oxygen atoms in total. The normalized spacial score (nSPS) is 11.5. The van der Waals surface area contributed by atoms with Crippen molar-refractivity contribution in [2.75, 3.05) is 19.5 Å². The zero-order valence-corrected chi connectivity index (χ0v) is 18.1. The van der Waals surface area contributed by atoms with Crippen molar-refractivity contribution in [3.8, 4) is 22.9 Å². The van der Waals surface area contributed by atoms with Crippen molar-refractivity contribution < 1.29 is 23.8 Å². The lowest BCUT2D eigenvalue weighted by molar-refractivity contribution is -0.123. The number of H-pyrrole nitrogens is 1. The summed E-state index contributed by atoms with van der Waals surface area (Å²) in [7, 11) is 3.03. The average Bonchev–Trinajstić information content (AvgIpc) is 3.12. The quantitative estimate of drug-likeness (QED) is 0.559. The summed E-state index contributed by atoms with van der Waals surface area (Å²) in [6, 6.07) is 11.8. The molecule has 1 aromatic heterocycles. The number of benzene rings is 2. The van der Waals surface area contributed by atoms with E-state index in [-0.39, 0.29) is 0 Å². The van der Waals surface area contributed by atoms with Crippen molar-refractivity contribution in [2.45, 2.75) is 26.9 Å². The fourth-order valence-corrected chi connectivity index (χ4v) is 2.87. The van der Waals surface area contributed by atoms with E-state index in [4.69, 9.17) is 14.2 Å². The lowest BCUT2D eigenvalue weighted by Gasteiger charge is -2.16. The molecular formula is C23H25N3O5. The van der Waals surface area contributed by atoms with E-state index in [2.05, 4.69) is 15.3 Å². The summed E-state index contributed by atoms with van der Waals surface area (Å²) in [6.07, 6.45) is -1.01. The molecule has 8 heteroatoms. The lowest BCUT2D eigenvalue weighted by Crippen LogP contribution is -2.30. The summed E-state index contributed by atoms with van der Waals surface area (Å²) >= 11 is 0. The maximum Gasteiger partial charge on any atom is 0.338 e. The molecule has 31 heavy (non-hydrogen) atoms. The maximum atomic E-state index is 12.5. The first-order chi connectivity index (χ1) is 14.8. The van der Waals surface area contributed by atoms with Gasteiger partial charge >= 0.3 is 5.97 Å². The van der Waals surface area contributed by atoms with Crippen LogP contribution >= 0.6 is 0 Å². The molecule has 1 atom stereocenters. The number of methoxy groups -OCH3 is 2. The number of aromatic amines is 1. The predicted octanol–water partition coefficient (Wildman–Crippen LogP) is 3.89. The molecule has 0 aliphatic heterocycles. The number of rotatable bonds is 7. The number of esters is 1. The monoisotopic (exact) mass is 423 g/mol. The lowest BCUT2D eigenvalue weighted by atomic mass is 10.1. The number of ether oxygens (including phenoxy) is 3. The van der Waals surface area contributed by atoms with Gasteiger partial charge in [0.25, 0.3) is 5.91 Å². The van der Waals surface area contributed by atoms with Crippen molar-refractivity contribution in [3.05, 3.63) is 59.4 Å². The van der Waals surface area contributed by atoms with E-state index in [1.807, 2.05) is 13.8 Å². The molecule has 0 bridgehead atoms. The minimum atomic E-state index is -1.01. The van der Waals surface area contributed by atoms with Crippen molar-refractivity contribution in [2.24, 2.45) is 0 Å². The standard InChI is InChI=1S/C23H25N3O5/c1-13-14(2)25-21(24-13)16-6-8-17(9-7-16)23(28)31-15(3)22(27)26-19-11-10-18(29-4)12-20(19)30-5/h6-12,15H,1-5H3,(H,24,25)(H,26,27). The van der Waals surface area contributed by atoms with E-state index in [1.54, 1.807) is 42.5 Å². The zero-order valence-electron chi connectivity index (χ0n) is 18.1. The molecule has 0 spiro atoms. The van der Waals surface area contributed by atoms with Gasteiger partial charge in [-0.05, 0) is 45.0 Å². The van der Waals surface area contributed by atoms with Crippen LogP contribution in [0.25, 0.3) is 11.4 Å². The smallest absolute Gasteiger partial charge is 0.338 e. The van der Waals surface area contributed by atoms with Crippen LogP contribution in [0.5, 0.6) is 11.5 Å². The molecular weight excluding hydrogens is 398 g/mol. The summed E-state index contributed by atoms with van der Waals surface area (Å²) in [5.41, 5.74) is 3.55. The van der Waals surface area contributed by atoms with Gasteiger partial charge in [-0.1, -0.05) is 12.1 Å². The van der Waals surface area contributed by atoms with Crippen LogP contribution in [0.2, 0.25) is 0 Å². The summed E-state index contributed by atoms with van der Waals surface area (Å²) in [5.74, 6) is 0.691. The second kappa shape index (κ2) is 9.34. The van der Waals surface area contributed by atoms with Gasteiger partial charge in [0, 0.05) is 17.3 Å². The highest BCUT2D eigenvalue weighted by molar-refractivity contribution is 5.98. The SMILES string of the molecule is COc1ccc(NC(=O)C(C)OC(=O)c2ccc(-c3nc(C)c(C)[nH]3)cc2)c(OC)c1. The van der Waals surface area contributed by atoms with Crippen molar-refractivity contribution in [1.82, 2.24) is 9.97 Å². The fraction of sp³-hybridized carbons (Fsp3) is 0.261. The van der Waals surface area contributed by atoms with Crippen LogP contribution in [-0.4, -0.2) is 42.2 Å². The van der Waals surface area contributed by atoms with Crippen molar-refractivity contribution in [1.29, 1.82) is 0 Å². The average molecular weight is 423 g/mol. The molecule has 1 amide bonds. The van der Waals surface area contributed by atoms with E-state index in [9.17, 15) is 9.59 Å². The Hall–Kier alpha value is -3.81. The molecule has 2 aromatic carbocycles. The molecule has 0 fully saturated rings. The van der Waals surface area contributed by atoms with Crippen LogP contribution < -0.4 is 14.8 Å². The number of hydrogen-bond donors (Lipinski definition) is 2. The Morgan fingerprint density at radius 3 is 2.32 bits per heavy atom. The Bertz CT molecular complexity index is 1070. The summed E-state index contributed by atoms with van der Waals surface area (Å²) in [6.45, 7) is 5.38. The number of nitrogens with one attached hydrogen (secondary N) is 2. The van der Waals surface area contributed by atoms with Crippen LogP contribution in [0.15, 0.2) is 42.5 Å². The molecule has 0 aliphatic rings. The molecule has 162 valence electrons. The minimum absolute atomic E-state index is 0.338. The van der Waals surface area contributed by atoms with Crippen LogP contribution in [0.3, 0.4) is 0 Å². The van der Waals surface area contributed by atoms with Gasteiger partial charge in [0.05, 0.1) is 31.2 Å². The number of hydrogen-bond acceptors (Lipinski definition) is 6. The van der Waals surface area contributed by atoms with E-state index in [0.29, 0.717) is 22.7 Å². The van der Waals surface area contributed by atoms with E-state index < -0.39 is 18.0 Å². The van der Waals surface area contributed by atoms with Gasteiger partial charge in [-0.25, -0.2) is 9.78 Å². The molecule has 1 unspecified atom stereocenters. The van der Waals surface area contributed by atoms with Gasteiger partial charge in [-0.15, -0.1) is 0 Å². The van der Waals surface area contributed by atoms with Gasteiger partial charge in [-0.3, -0.25) is 4.79 Å². The Balaban J connectivity index is 1.64. The summed E-state index contributed by atoms with van der Waals surface area (Å²) in [5, 5.41) is 2.70. The second-order valence-corrected chi connectivity index (χ2v) is 6.98. The van der Waals surface area contributed by atoms with Crippen LogP contribution in [0.4, 0.5) is 5.69 Å². The third-order valence-electron chi connectivity index (χ3n) is 4.84. The Kier molecular flexibility index (Phi) is 6.59. The Morgan fingerprint density at radius 1 is 1.03 bits per heavy atom. The first-order valence-electron chi connectivity index (χ1n) is 9.70. The molecule has 0 aliphatic carbocycles. The summed E-state index contributed by atoms with van der Waals surface area (Å²) in [4.78, 5) is 32.6. The summed E-state index contributed by atoms with van der Waals surface area (Å²) < 4.78 is 15.7. The van der Waals surface area contributed by atoms with E-state index in [1.165, 1.54) is 21.1 Å². The molecule has 0 saturated carbocycles. The first kappa shape index (κ1) is 21.9. The number of carbonyl (C=O) groups is 2. The highest BCUT2D eigenvalue weighted by Gasteiger charge is 2.20. The number of nitrogens with zero attached hydrogens (tertiary/aromatic N) is 1. The third kappa shape index (κ3) is 5.03. The second-order valence-electron chi connectivity index (χ2n) is 6.98. The highest BCUT2D eigenvalue weighted by Crippen LogP contribution is 2.29. The van der Waals surface area contributed by atoms with E-state index in [0.717, 1.165) is 22.8 Å². The molecule has 2 N–H and O–H groups in total. The van der Waals surface area contributed by atoms with Gasteiger partial charge in [0.1, 0.15) is 17.3 Å². The zero-order chi connectivity index (χ0) is 22.5. The maximum absolute atomic E-state index is 12.5. The minimum Gasteiger partial charge on any atom is -0.497 e. The number of imidazole rings is 1. The van der Waals surface area contributed by atoms with Gasteiger partial charge in [0.2, 0.25) is 0 Å². The van der Waals surface area contributed by atoms with Gasteiger partial charge < -0.3 is 24.5 Å². The largest absolute Gasteiger partial charge is 0.497 e. The number of aromatic nitrogens is 2. The first-order valence-corrected chi connectivity index (χ1v) is 9.70. The molecule has 1 heterocycles. The molecule has 0 saturated heterocycles. The number of carbonyl (C=O) groups excluding carboxylic acids is 2. The molecule has 0 radical (unpaired) electrons. The van der Waals surface area contributed by atoms with Gasteiger partial charge in [0.15, 0.2) is 6.10 Å². The third-order valence-corrected chi connectivity index (χ3v) is 4.84. The van der Waals surface area contributed by atoms with E-state index >= 15 is 0 Å². The van der Waals surface area contributed by atoms with Gasteiger partial charge in [-0.2, -0.15) is 0 Å². The van der Waals surface area contributed by atoms with Crippen molar-refractivity contribution in [3.63, 3.8) is 0 Å². The van der Waals surface area contributed by atoms with Crippen LogP contribution in [0, 0.1) is 13.8 Å². The van der Waals surface area contributed by atoms with Crippen LogP contribution in [-0.2, 0) is 9.53 Å². The highest BCUT2D eigenvalue weighted by atomic mass is 16.5. The fourth-order valence-electron chi connectivity index (χ4n) is 2.87. The molecule has 3 rings (SSSR count). The van der Waals surface area contributed by atoms with Crippen molar-refractivity contribution >= 4 is 17.6 Å². The molecule has 3 aromatic rings. The predicted molar refractivity (Wildman–Crippen MR) is 117 cm³/mol. The topological polar surface area (TPSA) is 103 Å². The Morgan fingerprint density at radius 2 is 1.74 bits per heavy atom.